The van der Waals surface area contributed by atoms with Gasteiger partial charge in [0.05, 0.1) is 12.3 Å². The maximum absolute atomic E-state index is 12.1. The molecule has 2 fully saturated rings. The van der Waals surface area contributed by atoms with Gasteiger partial charge in [-0.2, -0.15) is 0 Å². The van der Waals surface area contributed by atoms with Crippen molar-refractivity contribution in [3.05, 3.63) is 24.2 Å². The summed E-state index contributed by atoms with van der Waals surface area (Å²) >= 11 is 0. The van der Waals surface area contributed by atoms with Gasteiger partial charge >= 0.3 is 0 Å². The van der Waals surface area contributed by atoms with Crippen LogP contribution in [0.4, 0.5) is 0 Å². The molecule has 1 N–H and O–H groups in total. The van der Waals surface area contributed by atoms with Crippen LogP contribution < -0.4 is 5.32 Å². The van der Waals surface area contributed by atoms with Crippen LogP contribution in [0.5, 0.6) is 0 Å². The summed E-state index contributed by atoms with van der Waals surface area (Å²) in [5.41, 5.74) is 0. The van der Waals surface area contributed by atoms with Gasteiger partial charge in [0.15, 0.2) is 5.76 Å². The second-order valence-corrected chi connectivity index (χ2v) is 4.95. The number of hydrogen-bond acceptors (Lipinski definition) is 3. The standard InChI is InChI=1S/C13H17NO2/c15-13(12-6-3-7-16-12)11-8-9-4-1-2-5-10(9)14-11/h3,6-7,9-11,14H,1-2,4-5,8H2. The molecule has 0 radical (unpaired) electrons. The van der Waals surface area contributed by atoms with Crippen LogP contribution >= 0.6 is 0 Å². The number of furan rings is 1. The number of carbonyl (C=O) groups excluding carboxylic acids is 1. The van der Waals surface area contributed by atoms with Gasteiger partial charge in [-0.1, -0.05) is 12.8 Å². The fourth-order valence-corrected chi connectivity index (χ4v) is 3.11. The lowest BCUT2D eigenvalue weighted by Gasteiger charge is -2.24. The van der Waals surface area contributed by atoms with E-state index in [1.54, 1.807) is 18.4 Å². The average Bonchev–Trinajstić information content (AvgIpc) is 2.97. The minimum absolute atomic E-state index is 0.0146. The van der Waals surface area contributed by atoms with Crippen LogP contribution in [0.2, 0.25) is 0 Å². The molecular formula is C13H17NO2. The Morgan fingerprint density at radius 1 is 1.38 bits per heavy atom. The molecule has 3 heteroatoms. The van der Waals surface area contributed by atoms with Crippen LogP contribution in [0, 0.1) is 5.92 Å². The summed E-state index contributed by atoms with van der Waals surface area (Å²) in [6.07, 6.45) is 7.69. The molecule has 0 bridgehead atoms. The molecule has 1 aliphatic carbocycles. The molecule has 1 saturated heterocycles. The molecule has 1 saturated carbocycles. The second kappa shape index (κ2) is 4.06. The number of ketones is 1. The van der Waals surface area contributed by atoms with Gasteiger partial charge in [-0.3, -0.25) is 4.79 Å². The van der Waals surface area contributed by atoms with Gasteiger partial charge in [-0.05, 0) is 37.3 Å². The number of fused-ring (bicyclic) bond motifs is 1. The van der Waals surface area contributed by atoms with Crippen molar-refractivity contribution >= 4 is 5.78 Å². The first-order valence-corrected chi connectivity index (χ1v) is 6.18. The van der Waals surface area contributed by atoms with Gasteiger partial charge in [0.25, 0.3) is 0 Å². The smallest absolute Gasteiger partial charge is 0.214 e. The Balaban J connectivity index is 1.71. The minimum Gasteiger partial charge on any atom is -0.461 e. The number of carbonyl (C=O) groups is 1. The summed E-state index contributed by atoms with van der Waals surface area (Å²) in [5, 5.41) is 3.47. The zero-order valence-corrected chi connectivity index (χ0v) is 9.32. The summed E-state index contributed by atoms with van der Waals surface area (Å²) < 4.78 is 5.17. The normalized spacial score (nSPS) is 33.6. The summed E-state index contributed by atoms with van der Waals surface area (Å²) in [6.45, 7) is 0. The zero-order valence-electron chi connectivity index (χ0n) is 9.32. The fourth-order valence-electron chi connectivity index (χ4n) is 3.11. The van der Waals surface area contributed by atoms with Crippen LogP contribution in [0.25, 0.3) is 0 Å². The number of rotatable bonds is 2. The van der Waals surface area contributed by atoms with Crippen molar-refractivity contribution < 1.29 is 9.21 Å². The van der Waals surface area contributed by atoms with Gasteiger partial charge in [0, 0.05) is 6.04 Å². The van der Waals surface area contributed by atoms with E-state index >= 15 is 0 Å². The molecule has 0 amide bonds. The fraction of sp³-hybridized carbons (Fsp3) is 0.615. The number of nitrogens with one attached hydrogen (secondary N) is 1. The zero-order chi connectivity index (χ0) is 11.0. The molecular weight excluding hydrogens is 202 g/mol. The largest absolute Gasteiger partial charge is 0.461 e. The quantitative estimate of drug-likeness (QED) is 0.776. The van der Waals surface area contributed by atoms with Crippen molar-refractivity contribution in [1.82, 2.24) is 5.32 Å². The molecule has 0 spiro atoms. The first kappa shape index (κ1) is 10.1. The molecule has 3 atom stereocenters. The molecule has 3 unspecified atom stereocenters. The lowest BCUT2D eigenvalue weighted by molar-refractivity contribution is 0.0921. The van der Waals surface area contributed by atoms with Crippen molar-refractivity contribution in [2.75, 3.05) is 0 Å². The Morgan fingerprint density at radius 2 is 2.25 bits per heavy atom. The van der Waals surface area contributed by atoms with Gasteiger partial charge < -0.3 is 9.73 Å². The minimum atomic E-state index is -0.0146. The van der Waals surface area contributed by atoms with E-state index < -0.39 is 0 Å². The van der Waals surface area contributed by atoms with Crippen molar-refractivity contribution in [3.63, 3.8) is 0 Å². The monoisotopic (exact) mass is 219 g/mol. The maximum Gasteiger partial charge on any atom is 0.214 e. The summed E-state index contributed by atoms with van der Waals surface area (Å²) in [4.78, 5) is 12.1. The van der Waals surface area contributed by atoms with E-state index in [0.717, 1.165) is 6.42 Å². The second-order valence-electron chi connectivity index (χ2n) is 4.95. The highest BCUT2D eigenvalue weighted by molar-refractivity contribution is 5.97. The highest BCUT2D eigenvalue weighted by atomic mass is 16.3. The first-order chi connectivity index (χ1) is 7.84. The lowest BCUT2D eigenvalue weighted by Crippen LogP contribution is -2.37. The first-order valence-electron chi connectivity index (χ1n) is 6.18. The molecule has 1 aliphatic heterocycles. The Morgan fingerprint density at radius 3 is 3.00 bits per heavy atom. The molecule has 3 rings (SSSR count). The molecule has 1 aromatic heterocycles. The SMILES string of the molecule is O=C(c1ccco1)C1CC2CCCCC2N1. The topological polar surface area (TPSA) is 42.2 Å². The van der Waals surface area contributed by atoms with Crippen LogP contribution in [-0.2, 0) is 0 Å². The average molecular weight is 219 g/mol. The molecule has 86 valence electrons. The lowest BCUT2D eigenvalue weighted by atomic mass is 9.85. The molecule has 2 heterocycles. The number of hydrogen-bond donors (Lipinski definition) is 1. The molecule has 0 aromatic carbocycles. The van der Waals surface area contributed by atoms with Crippen molar-refractivity contribution in [2.24, 2.45) is 5.92 Å². The van der Waals surface area contributed by atoms with E-state index in [0.29, 0.717) is 17.7 Å². The van der Waals surface area contributed by atoms with Gasteiger partial charge in [-0.25, -0.2) is 0 Å². The van der Waals surface area contributed by atoms with Gasteiger partial charge in [0.2, 0.25) is 5.78 Å². The molecule has 2 aliphatic rings. The van der Waals surface area contributed by atoms with Crippen LogP contribution in [-0.4, -0.2) is 17.9 Å². The van der Waals surface area contributed by atoms with E-state index in [1.165, 1.54) is 25.7 Å². The van der Waals surface area contributed by atoms with E-state index in [9.17, 15) is 4.79 Å². The maximum atomic E-state index is 12.1. The van der Waals surface area contributed by atoms with Gasteiger partial charge in [0.1, 0.15) is 0 Å². The molecule has 3 nitrogen and oxygen atoms in total. The highest BCUT2D eigenvalue weighted by Crippen LogP contribution is 2.34. The predicted octanol–water partition coefficient (Wildman–Crippen LogP) is 2.38. The van der Waals surface area contributed by atoms with Crippen LogP contribution in [0.15, 0.2) is 22.8 Å². The van der Waals surface area contributed by atoms with Crippen molar-refractivity contribution in [2.45, 2.75) is 44.2 Å². The third kappa shape index (κ3) is 1.69. The number of Topliss-reactive ketones (excluding diaryl/α,β-unsaturated/α-hetero) is 1. The van der Waals surface area contributed by atoms with Crippen LogP contribution in [0.1, 0.15) is 42.7 Å². The molecule has 16 heavy (non-hydrogen) atoms. The van der Waals surface area contributed by atoms with Crippen molar-refractivity contribution in [1.29, 1.82) is 0 Å². The van der Waals surface area contributed by atoms with Crippen LogP contribution in [0.3, 0.4) is 0 Å². The predicted molar refractivity (Wildman–Crippen MR) is 60.3 cm³/mol. The van der Waals surface area contributed by atoms with E-state index in [-0.39, 0.29) is 11.8 Å². The summed E-state index contributed by atoms with van der Waals surface area (Å²) in [6, 6.07) is 4.08. The van der Waals surface area contributed by atoms with Crippen molar-refractivity contribution in [3.8, 4) is 0 Å². The van der Waals surface area contributed by atoms with Gasteiger partial charge in [-0.15, -0.1) is 0 Å². The van der Waals surface area contributed by atoms with E-state index in [4.69, 9.17) is 4.42 Å². The Hall–Kier alpha value is -1.09. The van der Waals surface area contributed by atoms with E-state index in [2.05, 4.69) is 5.32 Å². The third-order valence-corrected chi connectivity index (χ3v) is 3.94. The third-order valence-electron chi connectivity index (χ3n) is 3.94. The Bertz CT molecular complexity index is 357. The van der Waals surface area contributed by atoms with E-state index in [1.807, 2.05) is 0 Å². The Labute approximate surface area is 95.2 Å². The highest BCUT2D eigenvalue weighted by Gasteiger charge is 2.38. The molecule has 1 aromatic rings. The Kier molecular flexibility index (Phi) is 2.56. The summed E-state index contributed by atoms with van der Waals surface area (Å²) in [7, 11) is 0. The summed E-state index contributed by atoms with van der Waals surface area (Å²) in [5.74, 6) is 1.33.